The minimum Gasteiger partial charge on any atom is -0.486 e. The Hall–Kier alpha value is -1.75. The van der Waals surface area contributed by atoms with Gasteiger partial charge in [-0.25, -0.2) is 0 Å². The van der Waals surface area contributed by atoms with E-state index in [0.717, 1.165) is 12.2 Å². The van der Waals surface area contributed by atoms with Crippen LogP contribution in [-0.2, 0) is 4.79 Å². The van der Waals surface area contributed by atoms with Gasteiger partial charge in [-0.2, -0.15) is 0 Å². The number of ether oxygens (including phenoxy) is 2. The van der Waals surface area contributed by atoms with Crippen molar-refractivity contribution in [2.24, 2.45) is 11.7 Å². The average Bonchev–Trinajstić information content (AvgIpc) is 2.50. The zero-order chi connectivity index (χ0) is 14.5. The second kappa shape index (κ2) is 6.61. The van der Waals surface area contributed by atoms with E-state index in [1.165, 1.54) is 0 Å². The first-order valence-electron chi connectivity index (χ1n) is 7.03. The highest BCUT2D eigenvalue weighted by atomic mass is 16.6. The van der Waals surface area contributed by atoms with E-state index >= 15 is 0 Å². The summed E-state index contributed by atoms with van der Waals surface area (Å²) < 4.78 is 11.4. The highest BCUT2D eigenvalue weighted by molar-refractivity contribution is 5.81. The maximum absolute atomic E-state index is 11.9. The molecule has 0 aliphatic carbocycles. The van der Waals surface area contributed by atoms with E-state index in [-0.39, 0.29) is 17.9 Å². The molecule has 2 rings (SSSR count). The molecule has 0 saturated carbocycles. The predicted molar refractivity (Wildman–Crippen MR) is 76.8 cm³/mol. The van der Waals surface area contributed by atoms with Crippen molar-refractivity contribution in [1.82, 2.24) is 5.32 Å². The highest BCUT2D eigenvalue weighted by Gasteiger charge is 2.23. The van der Waals surface area contributed by atoms with Crippen LogP contribution in [0.5, 0.6) is 11.5 Å². The number of amides is 1. The van der Waals surface area contributed by atoms with Gasteiger partial charge in [-0.05, 0) is 18.1 Å². The van der Waals surface area contributed by atoms with Crippen LogP contribution in [0.4, 0.5) is 0 Å². The molecule has 0 bridgehead atoms. The Morgan fingerprint density at radius 1 is 1.45 bits per heavy atom. The number of nitrogens with one attached hydrogen (secondary N) is 1. The summed E-state index contributed by atoms with van der Waals surface area (Å²) >= 11 is 0. The third-order valence-electron chi connectivity index (χ3n) is 3.63. The molecule has 5 nitrogen and oxygen atoms in total. The highest BCUT2D eigenvalue weighted by Crippen LogP contribution is 2.30. The number of benzene rings is 1. The van der Waals surface area contributed by atoms with Crippen molar-refractivity contribution in [2.75, 3.05) is 13.2 Å². The summed E-state index contributed by atoms with van der Waals surface area (Å²) in [6.07, 6.45) is 0.698. The number of hydrogen-bond acceptors (Lipinski definition) is 4. The van der Waals surface area contributed by atoms with E-state index in [4.69, 9.17) is 15.2 Å². The number of hydrogen-bond donors (Lipinski definition) is 2. The van der Waals surface area contributed by atoms with Gasteiger partial charge in [0.25, 0.3) is 0 Å². The molecular formula is C15H22N2O3. The van der Waals surface area contributed by atoms with Crippen molar-refractivity contribution in [3.63, 3.8) is 0 Å². The van der Waals surface area contributed by atoms with Crippen LogP contribution in [-0.4, -0.2) is 31.2 Å². The zero-order valence-corrected chi connectivity index (χ0v) is 12.0. The van der Waals surface area contributed by atoms with E-state index in [0.29, 0.717) is 18.9 Å². The molecule has 3 N–H and O–H groups in total. The van der Waals surface area contributed by atoms with Crippen LogP contribution in [0.2, 0.25) is 0 Å². The van der Waals surface area contributed by atoms with Crippen molar-refractivity contribution < 1.29 is 14.3 Å². The molecule has 1 aliphatic heterocycles. The lowest BCUT2D eigenvalue weighted by Crippen LogP contribution is -2.48. The lowest BCUT2D eigenvalue weighted by molar-refractivity contribution is -0.123. The number of carbonyl (C=O) groups excluding carboxylic acids is 1. The Labute approximate surface area is 119 Å². The van der Waals surface area contributed by atoms with Gasteiger partial charge < -0.3 is 20.5 Å². The summed E-state index contributed by atoms with van der Waals surface area (Å²) in [4.78, 5) is 11.9. The minimum absolute atomic E-state index is 0.137. The first-order valence-corrected chi connectivity index (χ1v) is 7.03. The molecule has 2 unspecified atom stereocenters. The molecular weight excluding hydrogens is 256 g/mol. The zero-order valence-electron chi connectivity index (χ0n) is 12.0. The monoisotopic (exact) mass is 278 g/mol. The third-order valence-corrected chi connectivity index (χ3v) is 3.63. The van der Waals surface area contributed by atoms with Crippen molar-refractivity contribution in [3.05, 3.63) is 24.3 Å². The molecule has 0 radical (unpaired) electrons. The van der Waals surface area contributed by atoms with Gasteiger partial charge in [-0.15, -0.1) is 0 Å². The second-order valence-electron chi connectivity index (χ2n) is 5.15. The topological polar surface area (TPSA) is 73.6 Å². The molecule has 0 fully saturated rings. The number of fused-ring (bicyclic) bond motifs is 1. The van der Waals surface area contributed by atoms with Crippen LogP contribution >= 0.6 is 0 Å². The van der Waals surface area contributed by atoms with Crippen molar-refractivity contribution in [3.8, 4) is 11.5 Å². The molecule has 0 spiro atoms. The Balaban J connectivity index is 1.83. The number of nitrogens with two attached hydrogens (primary N) is 1. The molecule has 0 saturated heterocycles. The number of rotatable bonds is 5. The van der Waals surface area contributed by atoms with Crippen LogP contribution in [0.15, 0.2) is 24.3 Å². The summed E-state index contributed by atoms with van der Waals surface area (Å²) in [6, 6.07) is 7.03. The molecule has 1 aliphatic rings. The standard InChI is InChI=1S/C15H22N2O3/c1-3-10(2)14(16)15(18)17-8-11-9-19-12-6-4-5-7-13(12)20-11/h4-7,10-11,14H,3,8-9,16H2,1-2H3,(H,17,18)/t10?,11?,14-/m0/s1. The summed E-state index contributed by atoms with van der Waals surface area (Å²) in [5.41, 5.74) is 5.88. The van der Waals surface area contributed by atoms with Gasteiger partial charge in [0.05, 0.1) is 12.6 Å². The van der Waals surface area contributed by atoms with Crippen molar-refractivity contribution in [1.29, 1.82) is 0 Å². The molecule has 1 heterocycles. The number of para-hydroxylation sites is 2. The first kappa shape index (κ1) is 14.7. The van der Waals surface area contributed by atoms with Crippen LogP contribution < -0.4 is 20.5 Å². The van der Waals surface area contributed by atoms with Crippen LogP contribution in [0.1, 0.15) is 20.3 Å². The quantitative estimate of drug-likeness (QED) is 0.852. The van der Waals surface area contributed by atoms with Crippen molar-refractivity contribution in [2.45, 2.75) is 32.4 Å². The molecule has 1 aromatic carbocycles. The summed E-state index contributed by atoms with van der Waals surface area (Å²) in [5, 5.41) is 2.83. The predicted octanol–water partition coefficient (Wildman–Crippen LogP) is 1.32. The van der Waals surface area contributed by atoms with Gasteiger partial charge in [0.2, 0.25) is 5.91 Å². The fraction of sp³-hybridized carbons (Fsp3) is 0.533. The largest absolute Gasteiger partial charge is 0.486 e. The smallest absolute Gasteiger partial charge is 0.237 e. The van der Waals surface area contributed by atoms with E-state index < -0.39 is 6.04 Å². The fourth-order valence-electron chi connectivity index (χ4n) is 2.01. The molecule has 110 valence electrons. The van der Waals surface area contributed by atoms with Gasteiger partial charge in [-0.3, -0.25) is 4.79 Å². The normalized spacial score (nSPS) is 20.1. The van der Waals surface area contributed by atoms with Gasteiger partial charge >= 0.3 is 0 Å². The Morgan fingerprint density at radius 3 is 2.85 bits per heavy atom. The average molecular weight is 278 g/mol. The van der Waals surface area contributed by atoms with Gasteiger partial charge in [0.15, 0.2) is 11.5 Å². The van der Waals surface area contributed by atoms with Crippen molar-refractivity contribution >= 4 is 5.91 Å². The molecule has 0 aromatic heterocycles. The number of carbonyl (C=O) groups is 1. The molecule has 1 aromatic rings. The Morgan fingerprint density at radius 2 is 2.15 bits per heavy atom. The molecule has 20 heavy (non-hydrogen) atoms. The summed E-state index contributed by atoms with van der Waals surface area (Å²) in [6.45, 7) is 4.82. The van der Waals surface area contributed by atoms with E-state index in [9.17, 15) is 4.79 Å². The molecule has 3 atom stereocenters. The van der Waals surface area contributed by atoms with Crippen LogP contribution in [0, 0.1) is 5.92 Å². The molecule has 5 heteroatoms. The van der Waals surface area contributed by atoms with Gasteiger partial charge in [0, 0.05) is 0 Å². The van der Waals surface area contributed by atoms with Gasteiger partial charge in [0.1, 0.15) is 12.7 Å². The molecule has 1 amide bonds. The second-order valence-corrected chi connectivity index (χ2v) is 5.15. The Kier molecular flexibility index (Phi) is 4.84. The maximum atomic E-state index is 11.9. The van der Waals surface area contributed by atoms with E-state index in [1.54, 1.807) is 0 Å². The van der Waals surface area contributed by atoms with E-state index in [2.05, 4.69) is 5.32 Å². The van der Waals surface area contributed by atoms with E-state index in [1.807, 2.05) is 38.1 Å². The van der Waals surface area contributed by atoms with Gasteiger partial charge in [-0.1, -0.05) is 32.4 Å². The minimum atomic E-state index is -0.475. The maximum Gasteiger partial charge on any atom is 0.237 e. The summed E-state index contributed by atoms with van der Waals surface area (Å²) in [5.74, 6) is 1.48. The van der Waals surface area contributed by atoms with Crippen LogP contribution in [0.25, 0.3) is 0 Å². The Bertz CT molecular complexity index is 464. The third kappa shape index (κ3) is 3.42. The fourth-order valence-corrected chi connectivity index (χ4v) is 2.01. The van der Waals surface area contributed by atoms with Crippen LogP contribution in [0.3, 0.4) is 0 Å². The lowest BCUT2D eigenvalue weighted by Gasteiger charge is -2.27. The first-order chi connectivity index (χ1) is 9.61. The summed E-state index contributed by atoms with van der Waals surface area (Å²) in [7, 11) is 0. The lowest BCUT2D eigenvalue weighted by atomic mass is 9.99. The SMILES string of the molecule is CCC(C)[C@H](N)C(=O)NCC1COc2ccccc2O1.